The third-order valence-corrected chi connectivity index (χ3v) is 5.28. The largest absolute Gasteiger partial charge is 0.493 e. The Morgan fingerprint density at radius 2 is 2.00 bits per heavy atom. The van der Waals surface area contributed by atoms with Gasteiger partial charge in [-0.1, -0.05) is 0 Å². The molecule has 2 aliphatic heterocycles. The van der Waals surface area contributed by atoms with Gasteiger partial charge in [-0.05, 0) is 30.7 Å². The summed E-state index contributed by atoms with van der Waals surface area (Å²) in [6.07, 6.45) is 1.01. The van der Waals surface area contributed by atoms with E-state index in [2.05, 4.69) is 28.8 Å². The number of urea groups is 1. The van der Waals surface area contributed by atoms with Gasteiger partial charge in [0.25, 0.3) is 5.91 Å². The van der Waals surface area contributed by atoms with Gasteiger partial charge in [0.2, 0.25) is 0 Å². The van der Waals surface area contributed by atoms with Crippen LogP contribution in [-0.4, -0.2) is 57.8 Å². The maximum atomic E-state index is 12.1. The third-order valence-electron chi connectivity index (χ3n) is 5.28. The number of quaternary nitrogens is 2. The zero-order valence-corrected chi connectivity index (χ0v) is 15.0. The van der Waals surface area contributed by atoms with Gasteiger partial charge in [0.15, 0.2) is 6.04 Å². The van der Waals surface area contributed by atoms with Crippen LogP contribution in [0.5, 0.6) is 5.75 Å². The second-order valence-electron chi connectivity index (χ2n) is 6.92. The molecule has 136 valence electrons. The van der Waals surface area contributed by atoms with E-state index in [-0.39, 0.29) is 11.9 Å². The summed E-state index contributed by atoms with van der Waals surface area (Å²) in [5.41, 5.74) is 2.67. The van der Waals surface area contributed by atoms with Crippen LogP contribution in [0.25, 0.3) is 0 Å². The maximum absolute atomic E-state index is 12.1. The molecule has 1 atom stereocenters. The van der Waals surface area contributed by atoms with Crippen LogP contribution >= 0.6 is 0 Å². The molecule has 1 aromatic carbocycles. The van der Waals surface area contributed by atoms with E-state index in [0.29, 0.717) is 0 Å². The molecule has 0 radical (unpaired) electrons. The lowest BCUT2D eigenvalue weighted by atomic mass is 10.1. The summed E-state index contributed by atoms with van der Waals surface area (Å²) in [7, 11) is 1.51. The lowest BCUT2D eigenvalue weighted by Crippen LogP contribution is -3.29. The molecular weight excluding hydrogens is 320 g/mol. The van der Waals surface area contributed by atoms with Crippen molar-refractivity contribution < 1.29 is 24.1 Å². The van der Waals surface area contributed by atoms with E-state index in [1.165, 1.54) is 23.1 Å². The number of carbonyl (C=O) groups is 2. The fourth-order valence-electron chi connectivity index (χ4n) is 3.64. The van der Waals surface area contributed by atoms with Gasteiger partial charge in [0.1, 0.15) is 38.5 Å². The first-order chi connectivity index (χ1) is 12.1. The molecule has 1 saturated heterocycles. The summed E-state index contributed by atoms with van der Waals surface area (Å²) in [5, 5.41) is 4.79. The predicted molar refractivity (Wildman–Crippen MR) is 92.8 cm³/mol. The number of fused-ring (bicyclic) bond motifs is 1. The Labute approximate surface area is 148 Å². The molecule has 0 unspecified atom stereocenters. The highest BCUT2D eigenvalue weighted by molar-refractivity contribution is 5.96. The summed E-state index contributed by atoms with van der Waals surface area (Å²) in [6.45, 7) is 7.63. The smallest absolute Gasteiger partial charge is 0.321 e. The van der Waals surface area contributed by atoms with Crippen LogP contribution < -0.4 is 25.2 Å². The van der Waals surface area contributed by atoms with Gasteiger partial charge in [-0.2, -0.15) is 0 Å². The fraction of sp³-hybridized carbons (Fsp3) is 0.556. The molecule has 25 heavy (non-hydrogen) atoms. The number of amides is 3. The first-order valence-electron chi connectivity index (χ1n) is 9.02. The summed E-state index contributed by atoms with van der Waals surface area (Å²) < 4.78 is 5.57. The van der Waals surface area contributed by atoms with Gasteiger partial charge in [0, 0.05) is 19.0 Å². The summed E-state index contributed by atoms with van der Waals surface area (Å²) >= 11 is 0. The monoisotopic (exact) mass is 348 g/mol. The molecule has 0 spiro atoms. The minimum Gasteiger partial charge on any atom is -0.493 e. The van der Waals surface area contributed by atoms with Gasteiger partial charge in [-0.25, -0.2) is 4.79 Å². The highest BCUT2D eigenvalue weighted by atomic mass is 16.5. The molecule has 3 amide bonds. The molecule has 3 rings (SSSR count). The number of benzene rings is 1. The Bertz CT molecular complexity index is 641. The van der Waals surface area contributed by atoms with E-state index in [0.717, 1.165) is 51.5 Å². The highest BCUT2D eigenvalue weighted by Gasteiger charge is 2.31. The van der Waals surface area contributed by atoms with Gasteiger partial charge >= 0.3 is 6.03 Å². The van der Waals surface area contributed by atoms with Crippen LogP contribution in [0.1, 0.15) is 18.1 Å². The van der Waals surface area contributed by atoms with E-state index in [1.807, 2.05) is 6.92 Å². The van der Waals surface area contributed by atoms with Crippen LogP contribution in [0.3, 0.4) is 0 Å². The van der Waals surface area contributed by atoms with Crippen molar-refractivity contribution >= 4 is 11.9 Å². The Hall–Kier alpha value is -2.12. The Balaban J connectivity index is 1.48. The Kier molecular flexibility index (Phi) is 5.55. The summed E-state index contributed by atoms with van der Waals surface area (Å²) in [4.78, 5) is 26.1. The number of carbonyl (C=O) groups excluding carboxylic acids is 2. The first-order valence-corrected chi connectivity index (χ1v) is 9.02. The van der Waals surface area contributed by atoms with Gasteiger partial charge < -0.3 is 19.9 Å². The van der Waals surface area contributed by atoms with Crippen molar-refractivity contribution in [2.75, 3.05) is 39.8 Å². The molecule has 1 fully saturated rings. The second-order valence-corrected chi connectivity index (χ2v) is 6.92. The number of hydrogen-bond donors (Lipinski definition) is 4. The van der Waals surface area contributed by atoms with Crippen molar-refractivity contribution in [1.29, 1.82) is 0 Å². The minimum absolute atomic E-state index is 0.212. The SMILES string of the molecule is CNC(=O)NC(=O)[C@@H](C)[NH+]1CC[NH+](Cc2ccc3c(c2)CCO3)CC1. The van der Waals surface area contributed by atoms with Crippen molar-refractivity contribution in [1.82, 2.24) is 10.6 Å². The Morgan fingerprint density at radius 3 is 2.72 bits per heavy atom. The molecule has 0 saturated carbocycles. The number of nitrogens with one attached hydrogen (secondary N) is 4. The predicted octanol–water partition coefficient (Wildman–Crippen LogP) is -2.25. The van der Waals surface area contributed by atoms with E-state index in [1.54, 1.807) is 4.90 Å². The summed E-state index contributed by atoms with van der Waals surface area (Å²) in [5.74, 6) is 0.820. The molecule has 0 aliphatic carbocycles. The zero-order valence-electron chi connectivity index (χ0n) is 15.0. The van der Waals surface area contributed by atoms with Crippen molar-refractivity contribution in [2.45, 2.75) is 25.9 Å². The van der Waals surface area contributed by atoms with E-state index < -0.39 is 6.03 Å². The lowest BCUT2D eigenvalue weighted by molar-refractivity contribution is -1.02. The average Bonchev–Trinajstić information content (AvgIpc) is 3.09. The van der Waals surface area contributed by atoms with E-state index in [4.69, 9.17) is 4.74 Å². The molecule has 4 N–H and O–H groups in total. The van der Waals surface area contributed by atoms with E-state index in [9.17, 15) is 9.59 Å². The van der Waals surface area contributed by atoms with Crippen molar-refractivity contribution in [3.63, 3.8) is 0 Å². The number of ether oxygens (including phenoxy) is 1. The fourth-order valence-corrected chi connectivity index (χ4v) is 3.64. The van der Waals surface area contributed by atoms with Crippen molar-refractivity contribution in [3.05, 3.63) is 29.3 Å². The van der Waals surface area contributed by atoms with Gasteiger partial charge in [-0.15, -0.1) is 0 Å². The lowest BCUT2D eigenvalue weighted by Gasteiger charge is -2.32. The Morgan fingerprint density at radius 1 is 1.24 bits per heavy atom. The summed E-state index contributed by atoms with van der Waals surface area (Å²) in [6, 6.07) is 5.87. The molecule has 7 heteroatoms. The zero-order chi connectivity index (χ0) is 17.8. The number of hydrogen-bond acceptors (Lipinski definition) is 3. The third kappa shape index (κ3) is 4.29. The van der Waals surface area contributed by atoms with Crippen molar-refractivity contribution in [3.8, 4) is 5.75 Å². The molecule has 0 aromatic heterocycles. The molecule has 2 aliphatic rings. The topological polar surface area (TPSA) is 76.3 Å². The highest BCUT2D eigenvalue weighted by Crippen LogP contribution is 2.25. The molecule has 0 bridgehead atoms. The van der Waals surface area contributed by atoms with Crippen LogP contribution in [0.4, 0.5) is 4.79 Å². The molecular formula is C18H28N4O3+2. The number of piperazine rings is 1. The number of rotatable bonds is 4. The van der Waals surface area contributed by atoms with Crippen molar-refractivity contribution in [2.24, 2.45) is 0 Å². The first kappa shape index (κ1) is 17.7. The maximum Gasteiger partial charge on any atom is 0.321 e. The van der Waals surface area contributed by atoms with Crippen LogP contribution in [0, 0.1) is 0 Å². The van der Waals surface area contributed by atoms with Crippen LogP contribution in [0.15, 0.2) is 18.2 Å². The normalized spacial score (nSPS) is 23.3. The van der Waals surface area contributed by atoms with Crippen LogP contribution in [-0.2, 0) is 17.8 Å². The quantitative estimate of drug-likeness (QED) is 0.497. The standard InChI is InChI=1S/C18H26N4O3/c1-13(17(23)20-18(24)19-2)22-8-6-21(7-9-22)12-14-3-4-16-15(11-14)5-10-25-16/h3-4,11,13H,5-10,12H2,1-2H3,(H2,19,20,23,24)/p+2/t13-/m1/s1. The molecule has 1 aromatic rings. The van der Waals surface area contributed by atoms with E-state index >= 15 is 0 Å². The number of imide groups is 1. The molecule has 7 nitrogen and oxygen atoms in total. The van der Waals surface area contributed by atoms with Gasteiger partial charge in [0.05, 0.1) is 6.61 Å². The second kappa shape index (κ2) is 7.84. The van der Waals surface area contributed by atoms with Crippen LogP contribution in [0.2, 0.25) is 0 Å². The minimum atomic E-state index is -0.443. The average molecular weight is 348 g/mol. The molecule has 2 heterocycles. The van der Waals surface area contributed by atoms with Gasteiger partial charge in [-0.3, -0.25) is 10.1 Å².